The summed E-state index contributed by atoms with van der Waals surface area (Å²) in [4.78, 5) is 28.9. The molecule has 3 aromatic rings. The molecular formula is C32H37N7O2. The largest absolute Gasteiger partial charge is 0.378 e. The summed E-state index contributed by atoms with van der Waals surface area (Å²) in [6, 6.07) is 19.3. The van der Waals surface area contributed by atoms with Crippen LogP contribution in [-0.4, -0.2) is 58.6 Å². The maximum absolute atomic E-state index is 12.4. The molecule has 0 bridgehead atoms. The molecule has 3 N–H and O–H groups in total. The molecule has 1 aliphatic heterocycles. The summed E-state index contributed by atoms with van der Waals surface area (Å²) >= 11 is 0. The number of hydrogen-bond donors (Lipinski definition) is 2. The molecule has 9 nitrogen and oxygen atoms in total. The van der Waals surface area contributed by atoms with E-state index in [0.717, 1.165) is 54.9 Å². The van der Waals surface area contributed by atoms with Crippen molar-refractivity contribution in [1.82, 2.24) is 19.6 Å². The monoisotopic (exact) mass is 551 g/mol. The number of nitriles is 1. The van der Waals surface area contributed by atoms with Crippen LogP contribution in [0.4, 0.5) is 5.82 Å². The Morgan fingerprint density at radius 1 is 1.12 bits per heavy atom. The van der Waals surface area contributed by atoms with Crippen LogP contribution in [0.5, 0.6) is 0 Å². The summed E-state index contributed by atoms with van der Waals surface area (Å²) < 4.78 is 1.70. The van der Waals surface area contributed by atoms with Crippen molar-refractivity contribution >= 4 is 23.3 Å². The van der Waals surface area contributed by atoms with E-state index in [1.54, 1.807) is 10.9 Å². The van der Waals surface area contributed by atoms with Crippen LogP contribution >= 0.6 is 0 Å². The summed E-state index contributed by atoms with van der Waals surface area (Å²) in [7, 11) is 4.00. The lowest BCUT2D eigenvalue weighted by atomic mass is 9.84. The number of likely N-dealkylation sites (tertiary alicyclic amines) is 1. The first kappa shape index (κ1) is 28.1. The van der Waals surface area contributed by atoms with Gasteiger partial charge in [0.25, 0.3) is 5.91 Å². The van der Waals surface area contributed by atoms with Gasteiger partial charge < -0.3 is 16.0 Å². The van der Waals surface area contributed by atoms with Crippen LogP contribution in [0.1, 0.15) is 53.6 Å². The second-order valence-corrected chi connectivity index (χ2v) is 11.4. The summed E-state index contributed by atoms with van der Waals surface area (Å²) in [6.45, 7) is 6.57. The van der Waals surface area contributed by atoms with Gasteiger partial charge in [0.1, 0.15) is 5.56 Å². The number of rotatable bonds is 10. The van der Waals surface area contributed by atoms with Gasteiger partial charge in [0, 0.05) is 57.1 Å². The lowest BCUT2D eigenvalue weighted by Gasteiger charge is -2.40. The highest BCUT2D eigenvalue weighted by Crippen LogP contribution is 2.36. The van der Waals surface area contributed by atoms with Gasteiger partial charge in [-0.1, -0.05) is 55.1 Å². The van der Waals surface area contributed by atoms with Crippen molar-refractivity contribution in [3.8, 4) is 17.2 Å². The molecule has 2 aliphatic rings. The Morgan fingerprint density at radius 3 is 2.41 bits per heavy atom. The minimum atomic E-state index is -0.649. The van der Waals surface area contributed by atoms with E-state index < -0.39 is 11.4 Å². The van der Waals surface area contributed by atoms with Gasteiger partial charge >= 0.3 is 0 Å². The number of nitrogens with zero attached hydrogens (tertiary/aromatic N) is 5. The van der Waals surface area contributed by atoms with Crippen LogP contribution in [0.3, 0.4) is 0 Å². The SMILES string of the molecule is C=C(c1ccccc1-c1ccc(CN2CCC(CC#N)(n3cc(C(N)=O)c(NC(=O)C4CC4)n3)CC2)cc1)N(C)C. The molecule has 1 aliphatic carbocycles. The highest BCUT2D eigenvalue weighted by molar-refractivity contribution is 6.02. The molecular weight excluding hydrogens is 514 g/mol. The molecule has 0 radical (unpaired) electrons. The molecule has 41 heavy (non-hydrogen) atoms. The summed E-state index contributed by atoms with van der Waals surface area (Å²) in [6.07, 6.45) is 4.91. The van der Waals surface area contributed by atoms with Crippen LogP contribution in [0.15, 0.2) is 61.3 Å². The fraction of sp³-hybridized carbons (Fsp3) is 0.375. The number of amides is 2. The number of aromatic nitrogens is 2. The van der Waals surface area contributed by atoms with Crippen molar-refractivity contribution in [2.75, 3.05) is 32.5 Å². The number of primary amides is 1. The third-order valence-corrected chi connectivity index (χ3v) is 8.30. The number of anilines is 1. The highest BCUT2D eigenvalue weighted by Gasteiger charge is 2.39. The van der Waals surface area contributed by atoms with Crippen molar-refractivity contribution in [3.63, 3.8) is 0 Å². The highest BCUT2D eigenvalue weighted by atomic mass is 16.2. The van der Waals surface area contributed by atoms with Gasteiger partial charge in [-0.3, -0.25) is 19.2 Å². The summed E-state index contributed by atoms with van der Waals surface area (Å²) in [5.41, 5.74) is 10.8. The molecule has 0 atom stereocenters. The van der Waals surface area contributed by atoms with Gasteiger partial charge in [0.05, 0.1) is 18.0 Å². The van der Waals surface area contributed by atoms with Crippen molar-refractivity contribution in [2.24, 2.45) is 11.7 Å². The van der Waals surface area contributed by atoms with E-state index in [0.29, 0.717) is 12.8 Å². The zero-order valence-electron chi connectivity index (χ0n) is 23.8. The maximum atomic E-state index is 12.4. The van der Waals surface area contributed by atoms with E-state index in [9.17, 15) is 14.9 Å². The summed E-state index contributed by atoms with van der Waals surface area (Å²) in [5.74, 6) is -0.633. The third-order valence-electron chi connectivity index (χ3n) is 8.30. The Labute approximate surface area is 241 Å². The number of nitrogens with two attached hydrogens (primary N) is 1. The average Bonchev–Trinajstić information content (AvgIpc) is 3.74. The molecule has 212 valence electrons. The van der Waals surface area contributed by atoms with Crippen LogP contribution in [0.2, 0.25) is 0 Å². The minimum Gasteiger partial charge on any atom is -0.378 e. The van der Waals surface area contributed by atoms with Gasteiger partial charge in [-0.25, -0.2) is 0 Å². The number of piperidine rings is 1. The molecule has 2 heterocycles. The van der Waals surface area contributed by atoms with Crippen LogP contribution in [0.25, 0.3) is 16.8 Å². The Hall–Kier alpha value is -4.42. The average molecular weight is 552 g/mol. The lowest BCUT2D eigenvalue weighted by molar-refractivity contribution is -0.117. The van der Waals surface area contributed by atoms with Crippen LogP contribution in [0, 0.1) is 17.2 Å². The maximum Gasteiger partial charge on any atom is 0.254 e. The minimum absolute atomic E-state index is 0.0292. The first-order valence-electron chi connectivity index (χ1n) is 14.1. The van der Waals surface area contributed by atoms with Gasteiger partial charge in [-0.2, -0.15) is 10.4 Å². The number of hydrogen-bond acceptors (Lipinski definition) is 6. The van der Waals surface area contributed by atoms with Crippen molar-refractivity contribution in [2.45, 2.75) is 44.2 Å². The van der Waals surface area contributed by atoms with E-state index in [-0.39, 0.29) is 29.6 Å². The number of nitrogens with one attached hydrogen (secondary N) is 1. The van der Waals surface area contributed by atoms with E-state index in [2.05, 4.69) is 64.4 Å². The predicted octanol–water partition coefficient (Wildman–Crippen LogP) is 4.43. The molecule has 0 spiro atoms. The zero-order chi connectivity index (χ0) is 29.1. The second kappa shape index (κ2) is 11.6. The smallest absolute Gasteiger partial charge is 0.254 e. The first-order chi connectivity index (χ1) is 19.7. The van der Waals surface area contributed by atoms with E-state index in [1.165, 1.54) is 5.56 Å². The van der Waals surface area contributed by atoms with Crippen LogP contribution < -0.4 is 11.1 Å². The van der Waals surface area contributed by atoms with Crippen LogP contribution in [-0.2, 0) is 16.9 Å². The molecule has 2 aromatic carbocycles. The van der Waals surface area contributed by atoms with Crippen molar-refractivity contribution in [1.29, 1.82) is 5.26 Å². The molecule has 1 aromatic heterocycles. The lowest BCUT2D eigenvalue weighted by Crippen LogP contribution is -2.46. The first-order valence-corrected chi connectivity index (χ1v) is 14.1. The Bertz CT molecular complexity index is 1490. The van der Waals surface area contributed by atoms with Crippen molar-refractivity contribution in [3.05, 3.63) is 78.0 Å². The standard InChI is InChI=1S/C32H37N7O2/c1-22(37(2)3)26-6-4-5-7-27(26)24-10-8-23(9-11-24)20-38-18-15-32(14-17-33,16-19-38)39-21-28(29(34)40)30(36-39)35-31(41)25-12-13-25/h4-11,21,25H,1,12-16,18-20H2,2-3H3,(H2,34,40)(H,35,36,41). The molecule has 0 unspecified atom stereocenters. The molecule has 2 fully saturated rings. The Morgan fingerprint density at radius 2 is 1.80 bits per heavy atom. The topological polar surface area (TPSA) is 120 Å². The number of carbonyl (C=O) groups is 2. The number of carbonyl (C=O) groups excluding carboxylic acids is 2. The quantitative estimate of drug-likeness (QED) is 0.385. The fourth-order valence-electron chi connectivity index (χ4n) is 5.49. The molecule has 1 saturated carbocycles. The Balaban J connectivity index is 1.28. The number of benzene rings is 2. The molecule has 5 rings (SSSR count). The Kier molecular flexibility index (Phi) is 7.95. The molecule has 9 heteroatoms. The molecule has 1 saturated heterocycles. The third kappa shape index (κ3) is 6.03. The normalized spacial score (nSPS) is 16.5. The van der Waals surface area contributed by atoms with Crippen molar-refractivity contribution < 1.29 is 9.59 Å². The second-order valence-electron chi connectivity index (χ2n) is 11.4. The zero-order valence-corrected chi connectivity index (χ0v) is 23.8. The molecule has 2 amide bonds. The van der Waals surface area contributed by atoms with E-state index >= 15 is 0 Å². The van der Waals surface area contributed by atoms with Gasteiger partial charge in [0.15, 0.2) is 5.82 Å². The summed E-state index contributed by atoms with van der Waals surface area (Å²) in [5, 5.41) is 17.0. The van der Waals surface area contributed by atoms with Gasteiger partial charge in [-0.15, -0.1) is 0 Å². The van der Waals surface area contributed by atoms with Gasteiger partial charge in [0.2, 0.25) is 5.91 Å². The van der Waals surface area contributed by atoms with Gasteiger partial charge in [-0.05, 0) is 42.4 Å². The fourth-order valence-corrected chi connectivity index (χ4v) is 5.49. The predicted molar refractivity (Wildman–Crippen MR) is 159 cm³/mol. The van der Waals surface area contributed by atoms with E-state index in [1.807, 2.05) is 31.1 Å². The van der Waals surface area contributed by atoms with E-state index in [4.69, 9.17) is 5.73 Å².